The van der Waals surface area contributed by atoms with E-state index in [-0.39, 0.29) is 18.8 Å². The van der Waals surface area contributed by atoms with Crippen molar-refractivity contribution in [2.45, 2.75) is 26.0 Å². The minimum absolute atomic E-state index is 0.0540. The van der Waals surface area contributed by atoms with Crippen molar-refractivity contribution < 1.29 is 9.84 Å². The van der Waals surface area contributed by atoms with Crippen LogP contribution in [0.5, 0.6) is 0 Å². The maximum absolute atomic E-state index is 9.00. The number of hydrogen-bond acceptors (Lipinski definition) is 4. The van der Waals surface area contributed by atoms with Crippen LogP contribution in [-0.4, -0.2) is 24.4 Å². The van der Waals surface area contributed by atoms with Crippen LogP contribution in [0.15, 0.2) is 11.4 Å². The molecule has 0 fully saturated rings. The molecule has 0 aliphatic carbocycles. The molecule has 0 amide bonds. The number of ether oxygens (including phenoxy) is 1. The fourth-order valence-electron chi connectivity index (χ4n) is 1.29. The summed E-state index contributed by atoms with van der Waals surface area (Å²) in [5.74, 6) is 0. The van der Waals surface area contributed by atoms with E-state index in [1.807, 2.05) is 13.8 Å². The summed E-state index contributed by atoms with van der Waals surface area (Å²) >= 11 is 1.63. The molecule has 0 aliphatic heterocycles. The molecule has 3 N–H and O–H groups in total. The Balaban J connectivity index is 2.76. The standard InChI is InChI=1S/C10H17NO2S/c1-3-13-10(8(11)5-12)9-4-7(2)6-14-9/h4,6,8,10,12H,3,5,11H2,1-2H3/t8-,10-/m0/s1. The Labute approximate surface area is 88.5 Å². The van der Waals surface area contributed by atoms with Crippen LogP contribution in [0.2, 0.25) is 0 Å². The van der Waals surface area contributed by atoms with Crippen molar-refractivity contribution in [3.05, 3.63) is 21.9 Å². The topological polar surface area (TPSA) is 55.5 Å². The van der Waals surface area contributed by atoms with Crippen molar-refractivity contribution in [2.24, 2.45) is 5.73 Å². The molecule has 0 bridgehead atoms. The Morgan fingerprint density at radius 2 is 2.36 bits per heavy atom. The third kappa shape index (κ3) is 2.78. The highest BCUT2D eigenvalue weighted by Gasteiger charge is 2.20. The van der Waals surface area contributed by atoms with Gasteiger partial charge in [-0.1, -0.05) is 0 Å². The van der Waals surface area contributed by atoms with E-state index in [2.05, 4.69) is 11.4 Å². The van der Waals surface area contributed by atoms with E-state index in [9.17, 15) is 0 Å². The molecule has 0 saturated carbocycles. The molecule has 4 heteroatoms. The number of rotatable bonds is 5. The Bertz CT molecular complexity index is 275. The quantitative estimate of drug-likeness (QED) is 0.781. The summed E-state index contributed by atoms with van der Waals surface area (Å²) in [4.78, 5) is 1.09. The van der Waals surface area contributed by atoms with Gasteiger partial charge in [0.25, 0.3) is 0 Å². The molecule has 0 radical (unpaired) electrons. The van der Waals surface area contributed by atoms with Gasteiger partial charge in [-0.15, -0.1) is 11.3 Å². The maximum Gasteiger partial charge on any atom is 0.109 e. The van der Waals surface area contributed by atoms with Gasteiger partial charge in [-0.2, -0.15) is 0 Å². The summed E-state index contributed by atoms with van der Waals surface area (Å²) in [6.07, 6.45) is -0.177. The van der Waals surface area contributed by atoms with E-state index in [4.69, 9.17) is 15.6 Å². The number of thiophene rings is 1. The second-order valence-corrected chi connectivity index (χ2v) is 4.19. The van der Waals surface area contributed by atoms with Crippen LogP contribution in [0, 0.1) is 6.92 Å². The smallest absolute Gasteiger partial charge is 0.109 e. The molecular formula is C10H17NO2S. The van der Waals surface area contributed by atoms with E-state index < -0.39 is 0 Å². The third-order valence-corrected chi connectivity index (χ3v) is 3.09. The van der Waals surface area contributed by atoms with E-state index >= 15 is 0 Å². The molecule has 14 heavy (non-hydrogen) atoms. The summed E-state index contributed by atoms with van der Waals surface area (Å²) < 4.78 is 5.52. The molecule has 0 spiro atoms. The number of aliphatic hydroxyl groups is 1. The molecule has 0 saturated heterocycles. The Morgan fingerprint density at radius 1 is 1.64 bits per heavy atom. The minimum Gasteiger partial charge on any atom is -0.395 e. The number of aryl methyl sites for hydroxylation is 1. The third-order valence-electron chi connectivity index (χ3n) is 1.98. The molecular weight excluding hydrogens is 198 g/mol. The van der Waals surface area contributed by atoms with Crippen molar-refractivity contribution in [1.29, 1.82) is 0 Å². The predicted octanol–water partition coefficient (Wildman–Crippen LogP) is 1.45. The molecule has 0 unspecified atom stereocenters. The second kappa shape index (κ2) is 5.46. The Hall–Kier alpha value is -0.420. The first kappa shape index (κ1) is 11.7. The SMILES string of the molecule is CCO[C@H](c1cc(C)cs1)[C@@H](N)CO. The van der Waals surface area contributed by atoms with Crippen molar-refractivity contribution >= 4 is 11.3 Å². The van der Waals surface area contributed by atoms with Gasteiger partial charge in [-0.3, -0.25) is 0 Å². The van der Waals surface area contributed by atoms with Crippen LogP contribution in [0.1, 0.15) is 23.5 Å². The van der Waals surface area contributed by atoms with Gasteiger partial charge in [-0.25, -0.2) is 0 Å². The first-order chi connectivity index (χ1) is 6.69. The number of hydrogen-bond donors (Lipinski definition) is 2. The minimum atomic E-state index is -0.340. The molecule has 1 aromatic heterocycles. The number of aliphatic hydroxyl groups excluding tert-OH is 1. The molecule has 1 rings (SSSR count). The van der Waals surface area contributed by atoms with Gasteiger partial charge in [-0.05, 0) is 30.9 Å². The van der Waals surface area contributed by atoms with E-state index in [0.717, 1.165) is 4.88 Å². The zero-order valence-corrected chi connectivity index (χ0v) is 9.38. The fourth-order valence-corrected chi connectivity index (χ4v) is 2.32. The van der Waals surface area contributed by atoms with Gasteiger partial charge in [0.05, 0.1) is 12.6 Å². The molecule has 0 aliphatic rings. The zero-order valence-electron chi connectivity index (χ0n) is 8.56. The lowest BCUT2D eigenvalue weighted by Gasteiger charge is -2.20. The van der Waals surface area contributed by atoms with Crippen LogP contribution in [0.4, 0.5) is 0 Å². The lowest BCUT2D eigenvalue weighted by atomic mass is 10.1. The average Bonchev–Trinajstić information content (AvgIpc) is 2.60. The van der Waals surface area contributed by atoms with Gasteiger partial charge in [0, 0.05) is 11.5 Å². The molecule has 3 nitrogen and oxygen atoms in total. The van der Waals surface area contributed by atoms with E-state index in [1.165, 1.54) is 5.56 Å². The summed E-state index contributed by atoms with van der Waals surface area (Å²) in [7, 11) is 0. The van der Waals surface area contributed by atoms with Crippen LogP contribution in [-0.2, 0) is 4.74 Å². The highest BCUT2D eigenvalue weighted by atomic mass is 32.1. The normalized spacial score (nSPS) is 15.4. The average molecular weight is 215 g/mol. The maximum atomic E-state index is 9.00. The van der Waals surface area contributed by atoms with Crippen molar-refractivity contribution in [3.8, 4) is 0 Å². The highest BCUT2D eigenvalue weighted by Crippen LogP contribution is 2.26. The van der Waals surface area contributed by atoms with Crippen LogP contribution >= 0.6 is 11.3 Å². The Morgan fingerprint density at radius 3 is 2.79 bits per heavy atom. The van der Waals surface area contributed by atoms with Crippen molar-refractivity contribution in [2.75, 3.05) is 13.2 Å². The lowest BCUT2D eigenvalue weighted by molar-refractivity contribution is 0.0300. The molecule has 0 aromatic carbocycles. The largest absolute Gasteiger partial charge is 0.395 e. The van der Waals surface area contributed by atoms with Gasteiger partial charge >= 0.3 is 0 Å². The zero-order chi connectivity index (χ0) is 10.6. The summed E-state index contributed by atoms with van der Waals surface area (Å²) in [5.41, 5.74) is 6.98. The van der Waals surface area contributed by atoms with Gasteiger partial charge < -0.3 is 15.6 Å². The first-order valence-electron chi connectivity index (χ1n) is 4.72. The predicted molar refractivity (Wildman–Crippen MR) is 58.5 cm³/mol. The van der Waals surface area contributed by atoms with Gasteiger partial charge in [0.1, 0.15) is 6.10 Å². The summed E-state index contributed by atoms with van der Waals surface area (Å²) in [6.45, 7) is 4.52. The summed E-state index contributed by atoms with van der Waals surface area (Å²) in [5, 5.41) is 11.1. The molecule has 2 atom stereocenters. The lowest BCUT2D eigenvalue weighted by Crippen LogP contribution is -2.33. The molecule has 1 heterocycles. The van der Waals surface area contributed by atoms with E-state index in [1.54, 1.807) is 11.3 Å². The Kier molecular flexibility index (Phi) is 4.54. The van der Waals surface area contributed by atoms with Crippen molar-refractivity contribution in [1.82, 2.24) is 0 Å². The summed E-state index contributed by atoms with van der Waals surface area (Å²) in [6, 6.07) is 1.72. The fraction of sp³-hybridized carbons (Fsp3) is 0.600. The second-order valence-electron chi connectivity index (χ2n) is 3.25. The van der Waals surface area contributed by atoms with Gasteiger partial charge in [0.15, 0.2) is 0 Å². The van der Waals surface area contributed by atoms with Crippen LogP contribution in [0.3, 0.4) is 0 Å². The van der Waals surface area contributed by atoms with Gasteiger partial charge in [0.2, 0.25) is 0 Å². The highest BCUT2D eigenvalue weighted by molar-refractivity contribution is 7.10. The van der Waals surface area contributed by atoms with E-state index in [0.29, 0.717) is 6.61 Å². The van der Waals surface area contributed by atoms with Crippen LogP contribution in [0.25, 0.3) is 0 Å². The number of nitrogens with two attached hydrogens (primary N) is 1. The van der Waals surface area contributed by atoms with Crippen LogP contribution < -0.4 is 5.73 Å². The molecule has 80 valence electrons. The van der Waals surface area contributed by atoms with Crippen molar-refractivity contribution in [3.63, 3.8) is 0 Å². The first-order valence-corrected chi connectivity index (χ1v) is 5.60. The molecule has 1 aromatic rings. The monoisotopic (exact) mass is 215 g/mol.